The van der Waals surface area contributed by atoms with Crippen LogP contribution in [0, 0.1) is 13.8 Å². The normalized spacial score (nSPS) is 25.3. The van der Waals surface area contributed by atoms with Gasteiger partial charge in [0.2, 0.25) is 0 Å². The molecule has 1 aromatic rings. The fourth-order valence-corrected chi connectivity index (χ4v) is 2.68. The highest BCUT2D eigenvalue weighted by Gasteiger charge is 2.23. The van der Waals surface area contributed by atoms with Crippen LogP contribution in [-0.2, 0) is 6.54 Å². The zero-order valence-electron chi connectivity index (χ0n) is 12.2. The molecule has 100 valence electrons. The summed E-state index contributed by atoms with van der Waals surface area (Å²) in [7, 11) is 0. The Hall–Kier alpha value is -0.860. The van der Waals surface area contributed by atoms with Crippen LogP contribution >= 0.6 is 0 Å². The number of rotatable bonds is 3. The molecule has 0 aromatic heterocycles. The number of hydrogen-bond acceptors (Lipinski definition) is 2. The molecule has 2 atom stereocenters. The van der Waals surface area contributed by atoms with Crippen molar-refractivity contribution in [2.24, 2.45) is 0 Å². The Morgan fingerprint density at radius 1 is 1.33 bits per heavy atom. The monoisotopic (exact) mass is 246 g/mol. The molecule has 1 fully saturated rings. The maximum Gasteiger partial charge on any atom is 0.0240 e. The van der Waals surface area contributed by atoms with Gasteiger partial charge in [-0.1, -0.05) is 30.7 Å². The number of aryl methyl sites for hydroxylation is 2. The summed E-state index contributed by atoms with van der Waals surface area (Å²) < 4.78 is 0. The molecule has 2 heteroatoms. The highest BCUT2D eigenvalue weighted by molar-refractivity contribution is 5.30. The lowest BCUT2D eigenvalue weighted by atomic mass is 10.0. The zero-order valence-corrected chi connectivity index (χ0v) is 12.2. The second-order valence-electron chi connectivity index (χ2n) is 5.72. The Morgan fingerprint density at radius 3 is 2.83 bits per heavy atom. The van der Waals surface area contributed by atoms with Crippen molar-refractivity contribution in [3.63, 3.8) is 0 Å². The van der Waals surface area contributed by atoms with Gasteiger partial charge >= 0.3 is 0 Å². The maximum absolute atomic E-state index is 3.62. The van der Waals surface area contributed by atoms with Crippen LogP contribution < -0.4 is 5.32 Å². The fraction of sp³-hybridized carbons (Fsp3) is 0.625. The molecule has 2 unspecified atom stereocenters. The summed E-state index contributed by atoms with van der Waals surface area (Å²) >= 11 is 0. The summed E-state index contributed by atoms with van der Waals surface area (Å²) in [5, 5.41) is 3.62. The summed E-state index contributed by atoms with van der Waals surface area (Å²) in [6, 6.07) is 8.08. The highest BCUT2D eigenvalue weighted by Crippen LogP contribution is 2.17. The third-order valence-electron chi connectivity index (χ3n) is 4.15. The van der Waals surface area contributed by atoms with Gasteiger partial charge in [0.1, 0.15) is 0 Å². The molecule has 18 heavy (non-hydrogen) atoms. The Kier molecular flexibility index (Phi) is 4.41. The first-order valence-electron chi connectivity index (χ1n) is 7.13. The van der Waals surface area contributed by atoms with Crippen LogP contribution in [0.2, 0.25) is 0 Å². The molecule has 1 N–H and O–H groups in total. The van der Waals surface area contributed by atoms with E-state index in [2.05, 4.69) is 56.1 Å². The van der Waals surface area contributed by atoms with Crippen LogP contribution in [0.4, 0.5) is 0 Å². The molecule has 0 aliphatic carbocycles. The third-order valence-corrected chi connectivity index (χ3v) is 4.15. The predicted octanol–water partition coefficient (Wildman–Crippen LogP) is 2.88. The van der Waals surface area contributed by atoms with Crippen molar-refractivity contribution in [2.45, 2.75) is 52.7 Å². The average Bonchev–Trinajstić information content (AvgIpc) is 2.36. The molecule has 0 radical (unpaired) electrons. The highest BCUT2D eigenvalue weighted by atomic mass is 15.2. The molecule has 0 saturated carbocycles. The minimum Gasteiger partial charge on any atom is -0.311 e. The van der Waals surface area contributed by atoms with E-state index in [0.29, 0.717) is 12.1 Å². The first-order valence-corrected chi connectivity index (χ1v) is 7.13. The average molecular weight is 246 g/mol. The van der Waals surface area contributed by atoms with Crippen molar-refractivity contribution < 1.29 is 0 Å². The molecule has 1 aliphatic rings. The van der Waals surface area contributed by atoms with Gasteiger partial charge in [0.25, 0.3) is 0 Å². The molecule has 2 rings (SSSR count). The van der Waals surface area contributed by atoms with Crippen molar-refractivity contribution in [1.29, 1.82) is 0 Å². The lowest BCUT2D eigenvalue weighted by Gasteiger charge is -2.38. The Morgan fingerprint density at radius 2 is 2.11 bits per heavy atom. The van der Waals surface area contributed by atoms with Crippen LogP contribution in [0.15, 0.2) is 18.2 Å². The first-order chi connectivity index (χ1) is 8.60. The smallest absolute Gasteiger partial charge is 0.0240 e. The summed E-state index contributed by atoms with van der Waals surface area (Å²) in [5.41, 5.74) is 4.27. The van der Waals surface area contributed by atoms with E-state index >= 15 is 0 Å². The van der Waals surface area contributed by atoms with Crippen LogP contribution in [0.3, 0.4) is 0 Å². The Balaban J connectivity index is 2.09. The quantitative estimate of drug-likeness (QED) is 0.882. The minimum atomic E-state index is 0.632. The second-order valence-corrected chi connectivity index (χ2v) is 5.72. The first kappa shape index (κ1) is 13.6. The standard InChI is InChI=1S/C16H26N2/c1-5-16-11-18(14(4)9-17-16)10-15-8-12(2)6-7-13(15)3/h6-8,14,16-17H,5,9-11H2,1-4H3. The number of nitrogens with zero attached hydrogens (tertiary/aromatic N) is 1. The van der Waals surface area contributed by atoms with Gasteiger partial charge in [-0.05, 0) is 38.3 Å². The molecule has 1 aromatic carbocycles. The predicted molar refractivity (Wildman–Crippen MR) is 77.9 cm³/mol. The van der Waals surface area contributed by atoms with Gasteiger partial charge in [0.05, 0.1) is 0 Å². The number of hydrogen-bond donors (Lipinski definition) is 1. The van der Waals surface area contributed by atoms with Gasteiger partial charge in [0, 0.05) is 31.7 Å². The molecule has 0 bridgehead atoms. The number of benzene rings is 1. The van der Waals surface area contributed by atoms with Gasteiger partial charge in [0.15, 0.2) is 0 Å². The molecule has 1 aliphatic heterocycles. The van der Waals surface area contributed by atoms with Crippen LogP contribution in [0.25, 0.3) is 0 Å². The topological polar surface area (TPSA) is 15.3 Å². The lowest BCUT2D eigenvalue weighted by molar-refractivity contribution is 0.131. The van der Waals surface area contributed by atoms with E-state index in [4.69, 9.17) is 0 Å². The van der Waals surface area contributed by atoms with Crippen molar-refractivity contribution in [2.75, 3.05) is 13.1 Å². The molecule has 1 heterocycles. The van der Waals surface area contributed by atoms with Gasteiger partial charge in [-0.3, -0.25) is 4.90 Å². The second kappa shape index (κ2) is 5.85. The van der Waals surface area contributed by atoms with E-state index in [1.54, 1.807) is 0 Å². The van der Waals surface area contributed by atoms with Crippen LogP contribution in [-0.4, -0.2) is 30.1 Å². The van der Waals surface area contributed by atoms with Gasteiger partial charge in [-0.15, -0.1) is 0 Å². The van der Waals surface area contributed by atoms with Crippen molar-refractivity contribution in [1.82, 2.24) is 10.2 Å². The van der Waals surface area contributed by atoms with Gasteiger partial charge < -0.3 is 5.32 Å². The summed E-state index contributed by atoms with van der Waals surface area (Å²) in [4.78, 5) is 2.62. The summed E-state index contributed by atoms with van der Waals surface area (Å²) in [6.07, 6.45) is 1.22. The van der Waals surface area contributed by atoms with E-state index in [-0.39, 0.29) is 0 Å². The van der Waals surface area contributed by atoms with E-state index in [1.165, 1.54) is 29.7 Å². The Labute approximate surface area is 111 Å². The van der Waals surface area contributed by atoms with Gasteiger partial charge in [-0.2, -0.15) is 0 Å². The molecule has 0 amide bonds. The number of piperazine rings is 1. The minimum absolute atomic E-state index is 0.632. The van der Waals surface area contributed by atoms with E-state index in [9.17, 15) is 0 Å². The van der Waals surface area contributed by atoms with Crippen molar-refractivity contribution in [3.05, 3.63) is 34.9 Å². The Bertz CT molecular complexity index is 400. The number of nitrogens with one attached hydrogen (secondary N) is 1. The van der Waals surface area contributed by atoms with Gasteiger partial charge in [-0.25, -0.2) is 0 Å². The largest absolute Gasteiger partial charge is 0.311 e. The third kappa shape index (κ3) is 3.12. The summed E-state index contributed by atoms with van der Waals surface area (Å²) in [5.74, 6) is 0. The lowest BCUT2D eigenvalue weighted by Crippen LogP contribution is -2.54. The zero-order chi connectivity index (χ0) is 13.1. The van der Waals surface area contributed by atoms with Crippen molar-refractivity contribution >= 4 is 0 Å². The van der Waals surface area contributed by atoms with Crippen molar-refractivity contribution in [3.8, 4) is 0 Å². The van der Waals surface area contributed by atoms with E-state index < -0.39 is 0 Å². The molecular weight excluding hydrogens is 220 g/mol. The summed E-state index contributed by atoms with van der Waals surface area (Å²) in [6.45, 7) is 12.4. The van der Waals surface area contributed by atoms with Crippen LogP contribution in [0.1, 0.15) is 37.0 Å². The maximum atomic E-state index is 3.62. The van der Waals surface area contributed by atoms with E-state index in [1.807, 2.05) is 0 Å². The fourth-order valence-electron chi connectivity index (χ4n) is 2.68. The molecule has 0 spiro atoms. The molecule has 2 nitrogen and oxygen atoms in total. The van der Waals surface area contributed by atoms with Crippen LogP contribution in [0.5, 0.6) is 0 Å². The van der Waals surface area contributed by atoms with E-state index in [0.717, 1.165) is 13.1 Å². The SMILES string of the molecule is CCC1CN(Cc2cc(C)ccc2C)C(C)CN1. The molecule has 1 saturated heterocycles. The molecular formula is C16H26N2.